The van der Waals surface area contributed by atoms with E-state index in [4.69, 9.17) is 4.74 Å². The molecule has 0 atom stereocenters. The van der Waals surface area contributed by atoms with Crippen LogP contribution in [0.1, 0.15) is 27.0 Å². The Kier molecular flexibility index (Phi) is 4.76. The number of benzene rings is 2. The molecule has 2 aromatic carbocycles. The maximum absolute atomic E-state index is 12.6. The maximum Gasteiger partial charge on any atom is 0.251 e. The number of nitrogens with one attached hydrogen (secondary N) is 2. The SMILES string of the molecule is Cc1cccc(C)c1Oc1ncccc1CNC(=O)c1ccc2nc[nH]c2c1. The Morgan fingerprint density at radius 1 is 1.07 bits per heavy atom. The smallest absolute Gasteiger partial charge is 0.251 e. The van der Waals surface area contributed by atoms with E-state index in [1.54, 1.807) is 24.7 Å². The number of aromatic nitrogens is 3. The molecule has 2 aromatic heterocycles. The van der Waals surface area contributed by atoms with E-state index in [1.165, 1.54) is 0 Å². The molecule has 0 bridgehead atoms. The Balaban J connectivity index is 1.51. The van der Waals surface area contributed by atoms with Crippen molar-refractivity contribution in [1.29, 1.82) is 0 Å². The van der Waals surface area contributed by atoms with Gasteiger partial charge in [0.25, 0.3) is 5.91 Å². The summed E-state index contributed by atoms with van der Waals surface area (Å²) in [6.07, 6.45) is 3.29. The summed E-state index contributed by atoms with van der Waals surface area (Å²) in [5, 5.41) is 2.93. The van der Waals surface area contributed by atoms with Crippen LogP contribution in [-0.2, 0) is 6.54 Å². The zero-order valence-electron chi connectivity index (χ0n) is 15.7. The van der Waals surface area contributed by atoms with E-state index in [1.807, 2.05) is 50.2 Å². The predicted molar refractivity (Wildman–Crippen MR) is 107 cm³/mol. The molecule has 6 heteroatoms. The number of H-pyrrole nitrogens is 1. The van der Waals surface area contributed by atoms with E-state index < -0.39 is 0 Å². The van der Waals surface area contributed by atoms with Crippen LogP contribution in [0.3, 0.4) is 0 Å². The quantitative estimate of drug-likeness (QED) is 0.547. The second-order valence-corrected chi connectivity index (χ2v) is 6.61. The number of amides is 1. The van der Waals surface area contributed by atoms with Gasteiger partial charge in [-0.1, -0.05) is 24.3 Å². The van der Waals surface area contributed by atoms with Crippen molar-refractivity contribution in [2.24, 2.45) is 0 Å². The molecule has 2 heterocycles. The van der Waals surface area contributed by atoms with Gasteiger partial charge in [0.2, 0.25) is 5.88 Å². The molecular weight excluding hydrogens is 352 g/mol. The highest BCUT2D eigenvalue weighted by Gasteiger charge is 2.12. The molecule has 1 amide bonds. The molecule has 28 heavy (non-hydrogen) atoms. The Morgan fingerprint density at radius 2 is 1.89 bits per heavy atom. The van der Waals surface area contributed by atoms with Gasteiger partial charge < -0.3 is 15.0 Å². The van der Waals surface area contributed by atoms with Crippen LogP contribution in [-0.4, -0.2) is 20.9 Å². The van der Waals surface area contributed by atoms with E-state index in [2.05, 4.69) is 20.3 Å². The van der Waals surface area contributed by atoms with Crippen molar-refractivity contribution in [3.63, 3.8) is 0 Å². The van der Waals surface area contributed by atoms with Crippen LogP contribution >= 0.6 is 0 Å². The fraction of sp³-hybridized carbons (Fsp3) is 0.136. The fourth-order valence-corrected chi connectivity index (χ4v) is 3.06. The predicted octanol–water partition coefficient (Wildman–Crippen LogP) is 4.30. The first kappa shape index (κ1) is 17.7. The number of imidazole rings is 1. The summed E-state index contributed by atoms with van der Waals surface area (Å²) in [5.74, 6) is 1.11. The molecule has 0 unspecified atom stereocenters. The highest BCUT2D eigenvalue weighted by atomic mass is 16.5. The monoisotopic (exact) mass is 372 g/mol. The van der Waals surface area contributed by atoms with Gasteiger partial charge in [0.15, 0.2) is 0 Å². The lowest BCUT2D eigenvalue weighted by molar-refractivity contribution is 0.0951. The highest BCUT2D eigenvalue weighted by molar-refractivity contribution is 5.97. The van der Waals surface area contributed by atoms with Gasteiger partial charge in [-0.05, 0) is 49.2 Å². The molecule has 0 aliphatic rings. The lowest BCUT2D eigenvalue weighted by atomic mass is 10.1. The Morgan fingerprint density at radius 3 is 2.71 bits per heavy atom. The number of fused-ring (bicyclic) bond motifs is 1. The molecule has 2 N–H and O–H groups in total. The van der Waals surface area contributed by atoms with Gasteiger partial charge in [-0.3, -0.25) is 4.79 Å². The molecule has 6 nitrogen and oxygen atoms in total. The van der Waals surface area contributed by atoms with Gasteiger partial charge in [-0.2, -0.15) is 0 Å². The molecule has 0 radical (unpaired) electrons. The Hall–Kier alpha value is -3.67. The minimum atomic E-state index is -0.168. The summed E-state index contributed by atoms with van der Waals surface area (Å²) >= 11 is 0. The average Bonchev–Trinajstić information content (AvgIpc) is 3.17. The number of ether oxygens (including phenoxy) is 1. The zero-order valence-corrected chi connectivity index (χ0v) is 15.7. The molecule has 0 aliphatic heterocycles. The van der Waals surface area contributed by atoms with E-state index in [9.17, 15) is 4.79 Å². The number of hydrogen-bond acceptors (Lipinski definition) is 4. The topological polar surface area (TPSA) is 79.9 Å². The number of aryl methyl sites for hydroxylation is 2. The molecule has 140 valence electrons. The zero-order chi connectivity index (χ0) is 19.5. The summed E-state index contributed by atoms with van der Waals surface area (Å²) in [5.41, 5.74) is 5.10. The first-order valence-corrected chi connectivity index (χ1v) is 9.01. The van der Waals surface area contributed by atoms with Crippen molar-refractivity contribution >= 4 is 16.9 Å². The van der Waals surface area contributed by atoms with E-state index in [0.717, 1.165) is 33.5 Å². The Labute approximate surface area is 162 Å². The normalized spacial score (nSPS) is 10.8. The number of nitrogens with zero attached hydrogens (tertiary/aromatic N) is 2. The highest BCUT2D eigenvalue weighted by Crippen LogP contribution is 2.29. The van der Waals surface area contributed by atoms with Gasteiger partial charge in [-0.15, -0.1) is 0 Å². The third-order valence-corrected chi connectivity index (χ3v) is 4.58. The molecule has 4 aromatic rings. The van der Waals surface area contributed by atoms with Crippen molar-refractivity contribution in [1.82, 2.24) is 20.3 Å². The average molecular weight is 372 g/mol. The number of para-hydroxylation sites is 1. The Bertz CT molecular complexity index is 1130. The second-order valence-electron chi connectivity index (χ2n) is 6.61. The standard InChI is InChI=1S/C22H20N4O2/c1-14-5-3-6-15(2)20(14)28-22-17(7-4-10-23-22)12-24-21(27)16-8-9-18-19(11-16)26-13-25-18/h3-11,13H,12H2,1-2H3,(H,24,27)(H,25,26). The number of aromatic amines is 1. The van der Waals surface area contributed by atoms with Gasteiger partial charge in [0, 0.05) is 23.9 Å². The van der Waals surface area contributed by atoms with Gasteiger partial charge in [0.05, 0.1) is 17.4 Å². The number of pyridine rings is 1. The van der Waals surface area contributed by atoms with Crippen molar-refractivity contribution in [3.8, 4) is 11.6 Å². The largest absolute Gasteiger partial charge is 0.438 e. The minimum absolute atomic E-state index is 0.168. The van der Waals surface area contributed by atoms with Crippen molar-refractivity contribution in [2.75, 3.05) is 0 Å². The van der Waals surface area contributed by atoms with Crippen LogP contribution < -0.4 is 10.1 Å². The summed E-state index contributed by atoms with van der Waals surface area (Å²) < 4.78 is 6.08. The minimum Gasteiger partial charge on any atom is -0.438 e. The summed E-state index contributed by atoms with van der Waals surface area (Å²) in [7, 11) is 0. The van der Waals surface area contributed by atoms with E-state index in [-0.39, 0.29) is 5.91 Å². The lowest BCUT2D eigenvalue weighted by Crippen LogP contribution is -2.23. The third-order valence-electron chi connectivity index (χ3n) is 4.58. The molecule has 0 fully saturated rings. The van der Waals surface area contributed by atoms with Crippen LogP contribution in [0.25, 0.3) is 11.0 Å². The summed E-state index contributed by atoms with van der Waals surface area (Å²) in [4.78, 5) is 24.1. The first-order valence-electron chi connectivity index (χ1n) is 9.01. The first-order chi connectivity index (χ1) is 13.6. The number of hydrogen-bond donors (Lipinski definition) is 2. The maximum atomic E-state index is 12.6. The number of rotatable bonds is 5. The lowest BCUT2D eigenvalue weighted by Gasteiger charge is -2.14. The molecule has 4 rings (SSSR count). The van der Waals surface area contributed by atoms with Crippen molar-refractivity contribution in [2.45, 2.75) is 20.4 Å². The molecule has 0 saturated carbocycles. The van der Waals surface area contributed by atoms with Crippen LogP contribution in [0.2, 0.25) is 0 Å². The number of carbonyl (C=O) groups excluding carboxylic acids is 1. The van der Waals surface area contributed by atoms with Crippen LogP contribution in [0, 0.1) is 13.8 Å². The number of carbonyl (C=O) groups is 1. The molecule has 0 spiro atoms. The van der Waals surface area contributed by atoms with Crippen molar-refractivity contribution < 1.29 is 9.53 Å². The molecular formula is C22H20N4O2. The molecule has 0 aliphatic carbocycles. The van der Waals surface area contributed by atoms with E-state index in [0.29, 0.717) is 18.0 Å². The summed E-state index contributed by atoms with van der Waals surface area (Å²) in [6.45, 7) is 4.31. The van der Waals surface area contributed by atoms with Crippen LogP contribution in [0.4, 0.5) is 0 Å². The van der Waals surface area contributed by atoms with Gasteiger partial charge in [-0.25, -0.2) is 9.97 Å². The fourth-order valence-electron chi connectivity index (χ4n) is 3.06. The van der Waals surface area contributed by atoms with Crippen molar-refractivity contribution in [3.05, 3.63) is 83.3 Å². The van der Waals surface area contributed by atoms with Crippen LogP contribution in [0.5, 0.6) is 11.6 Å². The third kappa shape index (κ3) is 3.57. The van der Waals surface area contributed by atoms with Gasteiger partial charge in [0.1, 0.15) is 5.75 Å². The second kappa shape index (κ2) is 7.52. The van der Waals surface area contributed by atoms with Gasteiger partial charge >= 0.3 is 0 Å². The van der Waals surface area contributed by atoms with Crippen LogP contribution in [0.15, 0.2) is 61.1 Å². The summed E-state index contributed by atoms with van der Waals surface area (Å²) in [6, 6.07) is 15.1. The molecule has 0 saturated heterocycles. The van der Waals surface area contributed by atoms with E-state index >= 15 is 0 Å².